The monoisotopic (exact) mass is 281 g/mol. The maximum Gasteiger partial charge on any atom is 0.0645 e. The molecule has 0 spiro atoms. The van der Waals surface area contributed by atoms with E-state index in [-0.39, 0.29) is 0 Å². The molecule has 0 fully saturated rings. The van der Waals surface area contributed by atoms with Crippen LogP contribution in [-0.2, 0) is 4.74 Å². The van der Waals surface area contributed by atoms with Gasteiger partial charge in [0, 0.05) is 6.61 Å². The van der Waals surface area contributed by atoms with E-state index in [1.807, 2.05) is 0 Å². The third kappa shape index (κ3) is 17.4. The first-order valence-corrected chi connectivity index (χ1v) is 8.86. The van der Waals surface area contributed by atoms with Crippen LogP contribution in [0.5, 0.6) is 0 Å². The summed E-state index contributed by atoms with van der Waals surface area (Å²) in [5.74, 6) is 0. The molecule has 0 rings (SSSR count). The fourth-order valence-electron chi connectivity index (χ4n) is 2.44. The summed E-state index contributed by atoms with van der Waals surface area (Å²) < 4.78 is 5.35. The predicted molar refractivity (Wildman–Crippen MR) is 86.7 cm³/mol. The van der Waals surface area contributed by atoms with Crippen molar-refractivity contribution in [3.8, 4) is 6.07 Å². The van der Waals surface area contributed by atoms with E-state index in [1.54, 1.807) is 0 Å². The highest BCUT2D eigenvalue weighted by Crippen LogP contribution is 2.12. The zero-order valence-electron chi connectivity index (χ0n) is 13.7. The van der Waals surface area contributed by atoms with E-state index < -0.39 is 0 Å². The minimum absolute atomic E-state index is 0.526. The Morgan fingerprint density at radius 2 is 1.10 bits per heavy atom. The summed E-state index contributed by atoms with van der Waals surface area (Å²) in [6, 6.07) is 2.09. The minimum atomic E-state index is 0.526. The second-order valence-electron chi connectivity index (χ2n) is 5.76. The molecule has 0 radical (unpaired) electrons. The maximum absolute atomic E-state index is 8.35. The number of unbranched alkanes of at least 4 members (excludes halogenated alkanes) is 12. The zero-order chi connectivity index (χ0) is 14.7. The summed E-state index contributed by atoms with van der Waals surface area (Å²) in [6.07, 6.45) is 18.5. The Morgan fingerprint density at radius 3 is 1.55 bits per heavy atom. The molecule has 0 heterocycles. The summed E-state index contributed by atoms with van der Waals surface area (Å²) in [7, 11) is 0. The molecule has 0 aliphatic heterocycles. The van der Waals surface area contributed by atoms with Crippen molar-refractivity contribution in [3.05, 3.63) is 0 Å². The molecular weight excluding hydrogens is 246 g/mol. The van der Waals surface area contributed by atoms with Crippen LogP contribution in [0.15, 0.2) is 0 Å². The van der Waals surface area contributed by atoms with Gasteiger partial charge in [-0.3, -0.25) is 0 Å². The average Bonchev–Trinajstić information content (AvgIpc) is 2.47. The SMILES string of the molecule is CCCCCCCCCCCCCCCOCCC#N. The highest BCUT2D eigenvalue weighted by atomic mass is 16.5. The first kappa shape index (κ1) is 19.4. The van der Waals surface area contributed by atoms with Crippen LogP contribution in [0.2, 0.25) is 0 Å². The standard InChI is InChI=1S/C18H35NO/c1-2-3-4-5-6-7-8-9-10-11-12-13-14-17-20-18-15-16-19/h2-15,17-18H2,1H3. The molecule has 0 aliphatic carbocycles. The summed E-state index contributed by atoms with van der Waals surface area (Å²) in [4.78, 5) is 0. The van der Waals surface area contributed by atoms with Gasteiger partial charge < -0.3 is 4.74 Å². The molecule has 0 atom stereocenters. The van der Waals surface area contributed by atoms with Crippen LogP contribution in [0.25, 0.3) is 0 Å². The van der Waals surface area contributed by atoms with Gasteiger partial charge in [0.15, 0.2) is 0 Å². The molecule has 0 bridgehead atoms. The quantitative estimate of drug-likeness (QED) is 0.325. The van der Waals surface area contributed by atoms with Crippen LogP contribution in [0.4, 0.5) is 0 Å². The number of hydrogen-bond donors (Lipinski definition) is 0. The van der Waals surface area contributed by atoms with Crippen molar-refractivity contribution in [1.29, 1.82) is 5.26 Å². The zero-order valence-corrected chi connectivity index (χ0v) is 13.7. The van der Waals surface area contributed by atoms with E-state index in [2.05, 4.69) is 13.0 Å². The largest absolute Gasteiger partial charge is 0.380 e. The lowest BCUT2D eigenvalue weighted by Gasteiger charge is -2.03. The molecule has 2 nitrogen and oxygen atoms in total. The van der Waals surface area contributed by atoms with Gasteiger partial charge in [0.1, 0.15) is 0 Å². The Morgan fingerprint density at radius 1 is 0.650 bits per heavy atom. The first-order valence-electron chi connectivity index (χ1n) is 8.86. The minimum Gasteiger partial charge on any atom is -0.380 e. The van der Waals surface area contributed by atoms with Crippen LogP contribution in [-0.4, -0.2) is 13.2 Å². The molecular formula is C18H35NO. The molecule has 20 heavy (non-hydrogen) atoms. The average molecular weight is 281 g/mol. The Balaban J connectivity index is 2.91. The topological polar surface area (TPSA) is 33.0 Å². The normalized spacial score (nSPS) is 10.6. The van der Waals surface area contributed by atoms with E-state index >= 15 is 0 Å². The third-order valence-corrected chi connectivity index (χ3v) is 3.75. The summed E-state index contributed by atoms with van der Waals surface area (Å²) in [6.45, 7) is 3.71. The van der Waals surface area contributed by atoms with E-state index in [0.29, 0.717) is 13.0 Å². The molecule has 0 N–H and O–H groups in total. The molecule has 0 aliphatic rings. The van der Waals surface area contributed by atoms with Gasteiger partial charge in [0.25, 0.3) is 0 Å². The Bertz CT molecular complexity index is 210. The van der Waals surface area contributed by atoms with Gasteiger partial charge in [0.2, 0.25) is 0 Å². The molecule has 0 aromatic carbocycles. The lowest BCUT2D eigenvalue weighted by Crippen LogP contribution is -1.95. The van der Waals surface area contributed by atoms with Crippen LogP contribution in [0, 0.1) is 11.3 Å². The molecule has 0 saturated heterocycles. The summed E-state index contributed by atoms with van der Waals surface area (Å²) in [5, 5.41) is 8.35. The maximum atomic E-state index is 8.35. The van der Waals surface area contributed by atoms with Crippen LogP contribution < -0.4 is 0 Å². The molecule has 2 heteroatoms. The highest BCUT2D eigenvalue weighted by molar-refractivity contribution is 4.66. The number of rotatable bonds is 16. The number of nitrogens with zero attached hydrogens (tertiary/aromatic N) is 1. The second-order valence-corrected chi connectivity index (χ2v) is 5.76. The van der Waals surface area contributed by atoms with Crippen molar-refractivity contribution in [3.63, 3.8) is 0 Å². The van der Waals surface area contributed by atoms with Crippen molar-refractivity contribution in [2.24, 2.45) is 0 Å². The van der Waals surface area contributed by atoms with Crippen LogP contribution in [0.1, 0.15) is 96.8 Å². The number of ether oxygens (including phenoxy) is 1. The van der Waals surface area contributed by atoms with Crippen LogP contribution in [0.3, 0.4) is 0 Å². The van der Waals surface area contributed by atoms with Gasteiger partial charge in [-0.05, 0) is 6.42 Å². The van der Waals surface area contributed by atoms with Gasteiger partial charge in [-0.15, -0.1) is 0 Å². The van der Waals surface area contributed by atoms with Crippen molar-refractivity contribution in [2.75, 3.05) is 13.2 Å². The molecule has 0 amide bonds. The summed E-state index contributed by atoms with van der Waals surface area (Å²) in [5.41, 5.74) is 0. The molecule has 118 valence electrons. The lowest BCUT2D eigenvalue weighted by molar-refractivity contribution is 0.135. The third-order valence-electron chi connectivity index (χ3n) is 3.75. The fourth-order valence-corrected chi connectivity index (χ4v) is 2.44. The van der Waals surface area contributed by atoms with E-state index in [4.69, 9.17) is 10.00 Å². The molecule has 0 aromatic rings. The summed E-state index contributed by atoms with van der Waals surface area (Å²) >= 11 is 0. The van der Waals surface area contributed by atoms with E-state index in [9.17, 15) is 0 Å². The smallest absolute Gasteiger partial charge is 0.0645 e. The predicted octanol–water partition coefficient (Wildman–Crippen LogP) is 6.01. The van der Waals surface area contributed by atoms with Gasteiger partial charge in [-0.1, -0.05) is 84.0 Å². The van der Waals surface area contributed by atoms with Crippen molar-refractivity contribution in [2.45, 2.75) is 96.8 Å². The van der Waals surface area contributed by atoms with Gasteiger partial charge in [0.05, 0.1) is 19.1 Å². The Kier molecular flexibility index (Phi) is 17.9. The van der Waals surface area contributed by atoms with Gasteiger partial charge >= 0.3 is 0 Å². The lowest BCUT2D eigenvalue weighted by atomic mass is 10.0. The number of nitriles is 1. The van der Waals surface area contributed by atoms with Gasteiger partial charge in [-0.25, -0.2) is 0 Å². The number of hydrogen-bond acceptors (Lipinski definition) is 2. The molecule has 0 unspecified atom stereocenters. The Labute approximate surface area is 126 Å². The second kappa shape index (κ2) is 18.4. The van der Waals surface area contributed by atoms with E-state index in [1.165, 1.54) is 77.0 Å². The van der Waals surface area contributed by atoms with Gasteiger partial charge in [-0.2, -0.15) is 5.26 Å². The highest BCUT2D eigenvalue weighted by Gasteiger charge is 1.94. The van der Waals surface area contributed by atoms with Crippen LogP contribution >= 0.6 is 0 Å². The fraction of sp³-hybridized carbons (Fsp3) is 0.944. The van der Waals surface area contributed by atoms with E-state index in [0.717, 1.165) is 13.0 Å². The first-order chi connectivity index (χ1) is 9.91. The molecule has 0 saturated carbocycles. The molecule has 0 aromatic heterocycles. The van der Waals surface area contributed by atoms with Crippen molar-refractivity contribution < 1.29 is 4.74 Å². The Hall–Kier alpha value is -0.550. The van der Waals surface area contributed by atoms with Crippen molar-refractivity contribution in [1.82, 2.24) is 0 Å². The van der Waals surface area contributed by atoms with Crippen molar-refractivity contribution >= 4 is 0 Å².